The highest BCUT2D eigenvalue weighted by Gasteiger charge is 2.37. The molecule has 2 fully saturated rings. The Kier molecular flexibility index (Phi) is 9.89. The second-order valence-corrected chi connectivity index (χ2v) is 7.82. The Morgan fingerprint density at radius 1 is 1.33 bits per heavy atom. The van der Waals surface area contributed by atoms with Crippen LogP contribution in [0.2, 0.25) is 0 Å². The third-order valence-electron chi connectivity index (χ3n) is 5.74. The number of aryl methyl sites for hydroxylation is 1. The molecule has 2 aliphatic heterocycles. The molecule has 0 bridgehead atoms. The SMILES string of the molecule is CCNC(=NCC(c1ccc(C)o1)N1CCOCC1)N1CC(C)C(C(=O)OC)C1.I. The predicted octanol–water partition coefficient (Wildman–Crippen LogP) is 2.29. The molecule has 9 heteroatoms. The summed E-state index contributed by atoms with van der Waals surface area (Å²) in [7, 11) is 1.45. The molecule has 0 saturated carbocycles. The molecule has 0 aromatic carbocycles. The maximum absolute atomic E-state index is 12.1. The van der Waals surface area contributed by atoms with Gasteiger partial charge in [-0.15, -0.1) is 24.0 Å². The molecule has 2 saturated heterocycles. The van der Waals surface area contributed by atoms with Gasteiger partial charge in [0.25, 0.3) is 0 Å². The molecular weight excluding hydrogens is 499 g/mol. The fourth-order valence-corrected chi connectivity index (χ4v) is 4.10. The average Bonchev–Trinajstić information content (AvgIpc) is 3.33. The van der Waals surface area contributed by atoms with E-state index in [1.165, 1.54) is 7.11 Å². The maximum Gasteiger partial charge on any atom is 0.310 e. The van der Waals surface area contributed by atoms with Crippen LogP contribution in [0.15, 0.2) is 21.5 Å². The van der Waals surface area contributed by atoms with E-state index in [1.54, 1.807) is 0 Å². The summed E-state index contributed by atoms with van der Waals surface area (Å²) in [6.45, 7) is 12.1. The Bertz CT molecular complexity index is 705. The van der Waals surface area contributed by atoms with E-state index >= 15 is 0 Å². The Hall–Kier alpha value is -1.33. The molecule has 0 radical (unpaired) electrons. The van der Waals surface area contributed by atoms with Gasteiger partial charge in [0.1, 0.15) is 11.5 Å². The van der Waals surface area contributed by atoms with Gasteiger partial charge in [0.2, 0.25) is 0 Å². The first kappa shape index (κ1) is 24.9. The summed E-state index contributed by atoms with van der Waals surface area (Å²) in [5.74, 6) is 2.65. The molecule has 2 aliphatic rings. The molecule has 3 unspecified atom stereocenters. The number of morpholine rings is 1. The molecule has 30 heavy (non-hydrogen) atoms. The number of rotatable bonds is 6. The molecule has 0 spiro atoms. The van der Waals surface area contributed by atoms with Gasteiger partial charge in [-0.05, 0) is 31.9 Å². The zero-order valence-electron chi connectivity index (χ0n) is 18.4. The van der Waals surface area contributed by atoms with Crippen LogP contribution >= 0.6 is 24.0 Å². The van der Waals surface area contributed by atoms with Gasteiger partial charge in [0.05, 0.1) is 38.8 Å². The average molecular weight is 534 g/mol. The van der Waals surface area contributed by atoms with Gasteiger partial charge in [-0.1, -0.05) is 6.92 Å². The minimum Gasteiger partial charge on any atom is -0.469 e. The van der Waals surface area contributed by atoms with Crippen molar-refractivity contribution in [3.05, 3.63) is 23.7 Å². The molecule has 1 aromatic heterocycles. The number of nitrogens with one attached hydrogen (secondary N) is 1. The monoisotopic (exact) mass is 534 g/mol. The number of furan rings is 1. The number of carbonyl (C=O) groups is 1. The summed E-state index contributed by atoms with van der Waals surface area (Å²) in [6, 6.07) is 4.11. The van der Waals surface area contributed by atoms with Crippen molar-refractivity contribution in [2.75, 3.05) is 59.6 Å². The van der Waals surface area contributed by atoms with E-state index in [-0.39, 0.29) is 47.8 Å². The van der Waals surface area contributed by atoms with E-state index in [0.717, 1.165) is 56.9 Å². The van der Waals surface area contributed by atoms with Crippen molar-refractivity contribution in [1.29, 1.82) is 0 Å². The first-order valence-electron chi connectivity index (χ1n) is 10.5. The van der Waals surface area contributed by atoms with Crippen LogP contribution in [0.4, 0.5) is 0 Å². The topological polar surface area (TPSA) is 79.5 Å². The van der Waals surface area contributed by atoms with E-state index in [2.05, 4.69) is 29.0 Å². The molecule has 3 heterocycles. The standard InChI is InChI=1S/C21H34N4O4.HI/c1-5-22-21(25-13-15(2)17(14-25)20(26)27-4)23-12-18(19-7-6-16(3)29-19)24-8-10-28-11-9-24;/h6-7,15,17-18H,5,8-14H2,1-4H3,(H,22,23);1H. The minimum absolute atomic E-state index is 0. The number of guanidine groups is 1. The molecule has 0 amide bonds. The van der Waals surface area contributed by atoms with Crippen molar-refractivity contribution in [2.24, 2.45) is 16.8 Å². The fraction of sp³-hybridized carbons (Fsp3) is 0.714. The Morgan fingerprint density at radius 3 is 2.67 bits per heavy atom. The van der Waals surface area contributed by atoms with Crippen LogP contribution in [0.3, 0.4) is 0 Å². The van der Waals surface area contributed by atoms with Crippen LogP contribution in [0.1, 0.15) is 31.4 Å². The number of carbonyl (C=O) groups excluding carboxylic acids is 1. The lowest BCUT2D eigenvalue weighted by Crippen LogP contribution is -2.43. The van der Waals surface area contributed by atoms with Crippen LogP contribution < -0.4 is 5.32 Å². The lowest BCUT2D eigenvalue weighted by Gasteiger charge is -2.33. The highest BCUT2D eigenvalue weighted by Crippen LogP contribution is 2.26. The van der Waals surface area contributed by atoms with Gasteiger partial charge in [-0.3, -0.25) is 14.7 Å². The van der Waals surface area contributed by atoms with Gasteiger partial charge in [-0.2, -0.15) is 0 Å². The van der Waals surface area contributed by atoms with Gasteiger partial charge in [-0.25, -0.2) is 0 Å². The third-order valence-corrected chi connectivity index (χ3v) is 5.74. The largest absolute Gasteiger partial charge is 0.469 e. The van der Waals surface area contributed by atoms with Gasteiger partial charge < -0.3 is 24.1 Å². The van der Waals surface area contributed by atoms with Crippen molar-refractivity contribution >= 4 is 35.9 Å². The fourth-order valence-electron chi connectivity index (χ4n) is 4.10. The number of hydrogen-bond acceptors (Lipinski definition) is 6. The van der Waals surface area contributed by atoms with Crippen LogP contribution in [0.25, 0.3) is 0 Å². The number of aliphatic imine (C=N–C) groups is 1. The number of nitrogens with zero attached hydrogens (tertiary/aromatic N) is 3. The van der Waals surface area contributed by atoms with Gasteiger partial charge >= 0.3 is 5.97 Å². The second kappa shape index (κ2) is 11.9. The molecule has 0 aliphatic carbocycles. The van der Waals surface area contributed by atoms with Crippen LogP contribution in [0, 0.1) is 18.8 Å². The van der Waals surface area contributed by atoms with Crippen molar-refractivity contribution in [2.45, 2.75) is 26.8 Å². The summed E-state index contributed by atoms with van der Waals surface area (Å²) >= 11 is 0. The van der Waals surface area contributed by atoms with E-state index in [0.29, 0.717) is 13.1 Å². The zero-order valence-corrected chi connectivity index (χ0v) is 20.8. The lowest BCUT2D eigenvalue weighted by atomic mass is 9.99. The summed E-state index contributed by atoms with van der Waals surface area (Å²) < 4.78 is 16.4. The number of esters is 1. The Balaban J connectivity index is 0.00000320. The van der Waals surface area contributed by atoms with Gasteiger partial charge in [0.15, 0.2) is 5.96 Å². The number of ether oxygens (including phenoxy) is 2. The van der Waals surface area contributed by atoms with Crippen molar-refractivity contribution < 1.29 is 18.7 Å². The summed E-state index contributed by atoms with van der Waals surface area (Å²) in [5, 5.41) is 3.39. The molecule has 8 nitrogen and oxygen atoms in total. The quantitative estimate of drug-likeness (QED) is 0.260. The molecular formula is C21H35IN4O4. The van der Waals surface area contributed by atoms with E-state index in [4.69, 9.17) is 18.9 Å². The molecule has 3 rings (SSSR count). The summed E-state index contributed by atoms with van der Waals surface area (Å²) in [6.07, 6.45) is 0. The highest BCUT2D eigenvalue weighted by atomic mass is 127. The van der Waals surface area contributed by atoms with E-state index in [9.17, 15) is 4.79 Å². The third kappa shape index (κ3) is 6.10. The maximum atomic E-state index is 12.1. The van der Waals surface area contributed by atoms with E-state index in [1.807, 2.05) is 19.1 Å². The molecule has 1 aromatic rings. The second-order valence-electron chi connectivity index (χ2n) is 7.82. The number of halogens is 1. The first-order valence-corrected chi connectivity index (χ1v) is 10.5. The van der Waals surface area contributed by atoms with Gasteiger partial charge in [0, 0.05) is 32.7 Å². The number of likely N-dealkylation sites (tertiary alicyclic amines) is 1. The smallest absolute Gasteiger partial charge is 0.310 e. The molecule has 170 valence electrons. The van der Waals surface area contributed by atoms with Crippen molar-refractivity contribution in [1.82, 2.24) is 15.1 Å². The first-order chi connectivity index (χ1) is 14.0. The highest BCUT2D eigenvalue weighted by molar-refractivity contribution is 14.0. The lowest BCUT2D eigenvalue weighted by molar-refractivity contribution is -0.145. The van der Waals surface area contributed by atoms with Crippen molar-refractivity contribution in [3.63, 3.8) is 0 Å². The molecule has 1 N–H and O–H groups in total. The predicted molar refractivity (Wildman–Crippen MR) is 126 cm³/mol. The van der Waals surface area contributed by atoms with Crippen LogP contribution in [-0.4, -0.2) is 81.3 Å². The summed E-state index contributed by atoms with van der Waals surface area (Å²) in [5.41, 5.74) is 0. The number of methoxy groups -OCH3 is 1. The van der Waals surface area contributed by atoms with Crippen LogP contribution in [-0.2, 0) is 14.3 Å². The van der Waals surface area contributed by atoms with Crippen LogP contribution in [0.5, 0.6) is 0 Å². The summed E-state index contributed by atoms with van der Waals surface area (Å²) in [4.78, 5) is 21.6. The zero-order chi connectivity index (χ0) is 20.8. The minimum atomic E-state index is -0.145. The number of hydrogen-bond donors (Lipinski definition) is 1. The van der Waals surface area contributed by atoms with Crippen molar-refractivity contribution in [3.8, 4) is 0 Å². The Morgan fingerprint density at radius 2 is 2.07 bits per heavy atom. The Labute approximate surface area is 196 Å². The molecule has 3 atom stereocenters. The normalized spacial score (nSPS) is 23.7. The van der Waals surface area contributed by atoms with E-state index < -0.39 is 0 Å².